The molecule has 16 heavy (non-hydrogen) atoms. The number of hydrogen-bond donors (Lipinski definition) is 1. The highest BCUT2D eigenvalue weighted by atomic mass is 16.5. The molecule has 1 unspecified atom stereocenters. The van der Waals surface area contributed by atoms with Crippen LogP contribution >= 0.6 is 0 Å². The van der Waals surface area contributed by atoms with Gasteiger partial charge in [-0.25, -0.2) is 4.98 Å². The number of Topliss-reactive ketones (excluding diaryl/α,β-unsaturated/α-hetero) is 1. The van der Waals surface area contributed by atoms with Gasteiger partial charge in [0.1, 0.15) is 5.78 Å². The van der Waals surface area contributed by atoms with Crippen LogP contribution in [0.15, 0.2) is 18.3 Å². The van der Waals surface area contributed by atoms with Gasteiger partial charge in [0.2, 0.25) is 5.88 Å². The van der Waals surface area contributed by atoms with E-state index in [1.807, 2.05) is 19.9 Å². The fourth-order valence-corrected chi connectivity index (χ4v) is 1.33. The fraction of sp³-hybridized carbons (Fsp3) is 0.500. The number of nitrogens with two attached hydrogens (primary N) is 1. The summed E-state index contributed by atoms with van der Waals surface area (Å²) in [5, 5.41) is 0. The molecule has 0 aliphatic heterocycles. The number of ketones is 1. The number of pyridine rings is 1. The number of carbonyl (C=O) groups excluding carboxylic acids is 1. The van der Waals surface area contributed by atoms with E-state index in [4.69, 9.17) is 10.5 Å². The highest BCUT2D eigenvalue weighted by molar-refractivity contribution is 5.82. The van der Waals surface area contributed by atoms with Crippen LogP contribution in [-0.2, 0) is 4.79 Å². The second-order valence-electron chi connectivity index (χ2n) is 4.39. The van der Waals surface area contributed by atoms with E-state index in [1.165, 1.54) is 0 Å². The molecule has 1 aromatic rings. The zero-order valence-electron chi connectivity index (χ0n) is 10.2. The van der Waals surface area contributed by atoms with Gasteiger partial charge in [-0.2, -0.15) is 0 Å². The van der Waals surface area contributed by atoms with Crippen molar-refractivity contribution in [3.63, 3.8) is 0 Å². The van der Waals surface area contributed by atoms with Crippen molar-refractivity contribution in [2.75, 3.05) is 7.11 Å². The largest absolute Gasteiger partial charge is 0.481 e. The molecule has 0 fully saturated rings. The first-order chi connectivity index (χ1) is 7.39. The number of aromatic nitrogens is 1. The number of nitrogens with zero attached hydrogens (tertiary/aromatic N) is 1. The van der Waals surface area contributed by atoms with Crippen molar-refractivity contribution in [1.82, 2.24) is 4.98 Å². The molecule has 1 atom stereocenters. The first kappa shape index (κ1) is 12.6. The minimum Gasteiger partial charge on any atom is -0.481 e. The normalized spacial score (nSPS) is 13.3. The molecule has 1 aromatic heterocycles. The van der Waals surface area contributed by atoms with E-state index in [0.717, 1.165) is 5.56 Å². The quantitative estimate of drug-likeness (QED) is 0.842. The van der Waals surface area contributed by atoms with Crippen molar-refractivity contribution in [2.45, 2.75) is 26.8 Å². The summed E-state index contributed by atoms with van der Waals surface area (Å²) in [4.78, 5) is 15.6. The second kappa shape index (κ2) is 4.61. The smallest absolute Gasteiger partial charge is 0.212 e. The van der Waals surface area contributed by atoms with Crippen molar-refractivity contribution in [2.24, 2.45) is 11.1 Å². The van der Waals surface area contributed by atoms with E-state index in [9.17, 15) is 4.79 Å². The average molecular weight is 222 g/mol. The maximum Gasteiger partial charge on any atom is 0.212 e. The Morgan fingerprint density at radius 2 is 2.12 bits per heavy atom. The van der Waals surface area contributed by atoms with Crippen molar-refractivity contribution >= 4 is 5.78 Å². The molecule has 0 saturated carbocycles. The summed E-state index contributed by atoms with van der Waals surface area (Å²) in [6, 6.07) is 3.22. The van der Waals surface area contributed by atoms with E-state index >= 15 is 0 Å². The Kier molecular flexibility index (Phi) is 3.65. The summed E-state index contributed by atoms with van der Waals surface area (Å²) in [6.45, 7) is 5.23. The summed E-state index contributed by atoms with van der Waals surface area (Å²) in [6.07, 6.45) is 1.65. The number of methoxy groups -OCH3 is 1. The molecule has 0 amide bonds. The maximum absolute atomic E-state index is 11.5. The van der Waals surface area contributed by atoms with Gasteiger partial charge in [-0.05, 0) is 12.5 Å². The van der Waals surface area contributed by atoms with Crippen molar-refractivity contribution in [3.05, 3.63) is 23.9 Å². The van der Waals surface area contributed by atoms with Gasteiger partial charge < -0.3 is 10.5 Å². The Balaban J connectivity index is 2.96. The summed E-state index contributed by atoms with van der Waals surface area (Å²) >= 11 is 0. The standard InChI is InChI=1S/C12H18N2O2/c1-8(15)12(2,3)11(13)9-5-6-10(16-4)14-7-9/h5-7,11H,13H2,1-4H3. The second-order valence-corrected chi connectivity index (χ2v) is 4.39. The van der Waals surface area contributed by atoms with Crippen LogP contribution in [0, 0.1) is 5.41 Å². The summed E-state index contributed by atoms with van der Waals surface area (Å²) in [7, 11) is 1.56. The molecule has 4 nitrogen and oxygen atoms in total. The van der Waals surface area contributed by atoms with Crippen LogP contribution in [0.5, 0.6) is 5.88 Å². The van der Waals surface area contributed by atoms with Crippen LogP contribution in [0.4, 0.5) is 0 Å². The number of ether oxygens (including phenoxy) is 1. The Morgan fingerprint density at radius 3 is 2.50 bits per heavy atom. The van der Waals surface area contributed by atoms with Crippen LogP contribution in [0.1, 0.15) is 32.4 Å². The van der Waals surface area contributed by atoms with Gasteiger partial charge in [-0.15, -0.1) is 0 Å². The lowest BCUT2D eigenvalue weighted by Crippen LogP contribution is -2.35. The third-order valence-corrected chi connectivity index (χ3v) is 3.01. The first-order valence-corrected chi connectivity index (χ1v) is 5.16. The lowest BCUT2D eigenvalue weighted by Gasteiger charge is -2.28. The molecule has 2 N–H and O–H groups in total. The molecular weight excluding hydrogens is 204 g/mol. The highest BCUT2D eigenvalue weighted by Crippen LogP contribution is 2.32. The number of hydrogen-bond acceptors (Lipinski definition) is 4. The zero-order chi connectivity index (χ0) is 12.3. The Morgan fingerprint density at radius 1 is 1.50 bits per heavy atom. The molecule has 0 aliphatic carbocycles. The minimum absolute atomic E-state index is 0.0656. The third-order valence-electron chi connectivity index (χ3n) is 3.01. The van der Waals surface area contributed by atoms with Crippen LogP contribution < -0.4 is 10.5 Å². The summed E-state index contributed by atoms with van der Waals surface area (Å²) < 4.78 is 4.96. The molecule has 0 spiro atoms. The van der Waals surface area contributed by atoms with Crippen LogP contribution in [0.2, 0.25) is 0 Å². The summed E-state index contributed by atoms with van der Waals surface area (Å²) in [5.74, 6) is 0.604. The lowest BCUT2D eigenvalue weighted by atomic mass is 9.78. The highest BCUT2D eigenvalue weighted by Gasteiger charge is 2.32. The fourth-order valence-electron chi connectivity index (χ4n) is 1.33. The predicted molar refractivity (Wildman–Crippen MR) is 62.2 cm³/mol. The van der Waals surface area contributed by atoms with Gasteiger partial charge in [-0.1, -0.05) is 19.9 Å². The molecule has 0 aromatic carbocycles. The van der Waals surface area contributed by atoms with E-state index < -0.39 is 5.41 Å². The topological polar surface area (TPSA) is 65.2 Å². The third kappa shape index (κ3) is 2.39. The molecule has 0 aliphatic rings. The van der Waals surface area contributed by atoms with Gasteiger partial charge in [0.15, 0.2) is 0 Å². The van der Waals surface area contributed by atoms with Crippen LogP contribution in [0.3, 0.4) is 0 Å². The average Bonchev–Trinajstić information content (AvgIpc) is 2.28. The number of rotatable bonds is 4. The van der Waals surface area contributed by atoms with Gasteiger partial charge in [-0.3, -0.25) is 4.79 Å². The molecule has 1 heterocycles. The van der Waals surface area contributed by atoms with Gasteiger partial charge >= 0.3 is 0 Å². The maximum atomic E-state index is 11.5. The van der Waals surface area contributed by atoms with Gasteiger partial charge in [0.05, 0.1) is 7.11 Å². The van der Waals surface area contributed by atoms with Gasteiger partial charge in [0.25, 0.3) is 0 Å². The molecule has 88 valence electrons. The summed E-state index contributed by atoms with van der Waals surface area (Å²) in [5.41, 5.74) is 6.31. The van der Waals surface area contributed by atoms with Crippen molar-refractivity contribution < 1.29 is 9.53 Å². The van der Waals surface area contributed by atoms with Crippen molar-refractivity contribution in [1.29, 1.82) is 0 Å². The monoisotopic (exact) mass is 222 g/mol. The molecule has 0 radical (unpaired) electrons. The van der Waals surface area contributed by atoms with Gasteiger partial charge in [0, 0.05) is 23.7 Å². The molecule has 0 saturated heterocycles. The minimum atomic E-state index is -0.587. The molecular formula is C12H18N2O2. The van der Waals surface area contributed by atoms with E-state index in [0.29, 0.717) is 5.88 Å². The van der Waals surface area contributed by atoms with Crippen LogP contribution in [0.25, 0.3) is 0 Å². The number of carbonyl (C=O) groups is 1. The van der Waals surface area contributed by atoms with E-state index in [1.54, 1.807) is 26.3 Å². The Bertz CT molecular complexity index is 371. The van der Waals surface area contributed by atoms with Crippen molar-refractivity contribution in [3.8, 4) is 5.88 Å². The first-order valence-electron chi connectivity index (χ1n) is 5.16. The molecule has 0 bridgehead atoms. The van der Waals surface area contributed by atoms with E-state index in [2.05, 4.69) is 4.98 Å². The SMILES string of the molecule is COc1ccc(C(N)C(C)(C)C(C)=O)cn1. The predicted octanol–water partition coefficient (Wildman–Crippen LogP) is 1.71. The Hall–Kier alpha value is -1.42. The van der Waals surface area contributed by atoms with Crippen LogP contribution in [-0.4, -0.2) is 17.9 Å². The zero-order valence-corrected chi connectivity index (χ0v) is 10.2. The lowest BCUT2D eigenvalue weighted by molar-refractivity contribution is -0.125. The molecule has 4 heteroatoms. The van der Waals surface area contributed by atoms with E-state index in [-0.39, 0.29) is 11.8 Å². The Labute approximate surface area is 95.8 Å². The molecule has 1 rings (SSSR count).